The second-order valence-electron chi connectivity index (χ2n) is 8.44. The highest BCUT2D eigenvalue weighted by molar-refractivity contribution is 5.69. The molecule has 3 aromatic rings. The third-order valence-electron chi connectivity index (χ3n) is 6.39. The van der Waals surface area contributed by atoms with E-state index in [1.807, 2.05) is 35.9 Å². The van der Waals surface area contributed by atoms with Gasteiger partial charge in [-0.3, -0.25) is 0 Å². The topological polar surface area (TPSA) is 67.0 Å². The van der Waals surface area contributed by atoms with Gasteiger partial charge < -0.3 is 14.0 Å². The quantitative estimate of drug-likeness (QED) is 0.618. The van der Waals surface area contributed by atoms with Crippen LogP contribution in [0, 0.1) is 12.8 Å². The molecule has 1 fully saturated rings. The van der Waals surface area contributed by atoms with Crippen LogP contribution in [-0.2, 0) is 11.3 Å². The van der Waals surface area contributed by atoms with Gasteiger partial charge in [-0.15, -0.1) is 0 Å². The molecule has 0 saturated carbocycles. The zero-order valence-electron chi connectivity index (χ0n) is 18.2. The molecule has 2 aromatic heterocycles. The van der Waals surface area contributed by atoms with Gasteiger partial charge in [0.2, 0.25) is 0 Å². The van der Waals surface area contributed by atoms with Crippen molar-refractivity contribution in [2.24, 2.45) is 5.92 Å². The Balaban J connectivity index is 1.37. The molecule has 0 N–H and O–H groups in total. The molecule has 0 bridgehead atoms. The van der Waals surface area contributed by atoms with Crippen molar-refractivity contribution < 1.29 is 9.47 Å². The van der Waals surface area contributed by atoms with Crippen LogP contribution in [0.3, 0.4) is 0 Å². The highest BCUT2D eigenvalue weighted by Gasteiger charge is 2.31. The van der Waals surface area contributed by atoms with Crippen LogP contribution in [0.2, 0.25) is 0 Å². The van der Waals surface area contributed by atoms with E-state index in [4.69, 9.17) is 19.6 Å². The predicted molar refractivity (Wildman–Crippen MR) is 119 cm³/mol. The molecule has 31 heavy (non-hydrogen) atoms. The molecule has 0 amide bonds. The Kier molecular flexibility index (Phi) is 5.59. The summed E-state index contributed by atoms with van der Waals surface area (Å²) in [5, 5.41) is 4.77. The summed E-state index contributed by atoms with van der Waals surface area (Å²) in [6, 6.07) is 6.15. The lowest BCUT2D eigenvalue weighted by Crippen LogP contribution is -2.27. The van der Waals surface area contributed by atoms with Crippen molar-refractivity contribution in [3.05, 3.63) is 53.6 Å². The number of imidazole rings is 1. The van der Waals surface area contributed by atoms with Crippen LogP contribution in [0.15, 0.2) is 30.7 Å². The number of hydrogen-bond donors (Lipinski definition) is 0. The lowest BCUT2D eigenvalue weighted by molar-refractivity contribution is 0.0531. The van der Waals surface area contributed by atoms with Gasteiger partial charge in [0, 0.05) is 31.9 Å². The van der Waals surface area contributed by atoms with Crippen molar-refractivity contribution in [1.82, 2.24) is 24.3 Å². The van der Waals surface area contributed by atoms with Gasteiger partial charge in [-0.1, -0.05) is 12.1 Å². The van der Waals surface area contributed by atoms with Crippen LogP contribution in [0.1, 0.15) is 54.5 Å². The number of ether oxygens (including phenoxy) is 2. The molecule has 0 aliphatic carbocycles. The largest absolute Gasteiger partial charge is 0.495 e. The van der Waals surface area contributed by atoms with Crippen LogP contribution in [0.25, 0.3) is 17.8 Å². The predicted octanol–water partition coefficient (Wildman–Crippen LogP) is 4.26. The van der Waals surface area contributed by atoms with Crippen molar-refractivity contribution in [3.8, 4) is 11.4 Å². The maximum atomic E-state index is 5.62. The Labute approximate surface area is 182 Å². The lowest BCUT2D eigenvalue weighted by atomic mass is 9.81. The average molecular weight is 420 g/mol. The first-order valence-electron chi connectivity index (χ1n) is 11.1. The Morgan fingerprint density at radius 1 is 1.16 bits per heavy atom. The van der Waals surface area contributed by atoms with Gasteiger partial charge in [0.25, 0.3) is 0 Å². The first kappa shape index (κ1) is 20.0. The van der Waals surface area contributed by atoms with Gasteiger partial charge in [0.1, 0.15) is 11.6 Å². The van der Waals surface area contributed by atoms with Crippen LogP contribution >= 0.6 is 0 Å². The van der Waals surface area contributed by atoms with E-state index in [9.17, 15) is 0 Å². The van der Waals surface area contributed by atoms with Crippen molar-refractivity contribution in [3.63, 3.8) is 0 Å². The number of aryl methyl sites for hydroxylation is 2. The van der Waals surface area contributed by atoms with E-state index in [0.29, 0.717) is 11.8 Å². The lowest BCUT2D eigenvalue weighted by Gasteiger charge is -2.32. The molecule has 1 saturated heterocycles. The fourth-order valence-electron chi connectivity index (χ4n) is 4.77. The molecule has 1 aromatic carbocycles. The van der Waals surface area contributed by atoms with Crippen LogP contribution in [0.5, 0.6) is 5.75 Å². The SMILES string of the molecule is COc1cc(/C=C/c2nc3n(n2)CCCC3C2CCOCC2)ccc1-n1cnc(C)c1. The maximum Gasteiger partial charge on any atom is 0.174 e. The summed E-state index contributed by atoms with van der Waals surface area (Å²) in [5.74, 6) is 3.91. The normalized spacial score (nSPS) is 19.6. The van der Waals surface area contributed by atoms with Crippen molar-refractivity contribution in [2.75, 3.05) is 20.3 Å². The van der Waals surface area contributed by atoms with E-state index in [1.54, 1.807) is 13.4 Å². The molecule has 0 spiro atoms. The number of methoxy groups -OCH3 is 1. The zero-order chi connectivity index (χ0) is 21.2. The molecule has 1 atom stereocenters. The van der Waals surface area contributed by atoms with Gasteiger partial charge in [-0.2, -0.15) is 5.10 Å². The van der Waals surface area contributed by atoms with E-state index in [1.165, 1.54) is 12.8 Å². The van der Waals surface area contributed by atoms with Crippen LogP contribution in [-0.4, -0.2) is 44.6 Å². The summed E-state index contributed by atoms with van der Waals surface area (Å²) in [6.45, 7) is 4.68. The molecule has 7 heteroatoms. The molecule has 0 radical (unpaired) electrons. The molecule has 1 unspecified atom stereocenters. The number of nitrogens with zero attached hydrogens (tertiary/aromatic N) is 5. The molecular formula is C24H29N5O2. The van der Waals surface area contributed by atoms with E-state index < -0.39 is 0 Å². The summed E-state index contributed by atoms with van der Waals surface area (Å²) < 4.78 is 15.3. The number of rotatable bonds is 5. The minimum atomic E-state index is 0.505. The minimum absolute atomic E-state index is 0.505. The molecule has 5 rings (SSSR count). The highest BCUT2D eigenvalue weighted by Crippen LogP contribution is 2.37. The number of aromatic nitrogens is 5. The van der Waals surface area contributed by atoms with Gasteiger partial charge in [-0.25, -0.2) is 14.6 Å². The van der Waals surface area contributed by atoms with Gasteiger partial charge in [-0.05, 0) is 62.3 Å². The third kappa shape index (κ3) is 4.14. The zero-order valence-corrected chi connectivity index (χ0v) is 18.2. The number of hydrogen-bond acceptors (Lipinski definition) is 5. The van der Waals surface area contributed by atoms with Crippen LogP contribution in [0.4, 0.5) is 0 Å². The Bertz CT molecular complexity index is 1080. The smallest absolute Gasteiger partial charge is 0.174 e. The second-order valence-corrected chi connectivity index (χ2v) is 8.44. The molecule has 7 nitrogen and oxygen atoms in total. The summed E-state index contributed by atoms with van der Waals surface area (Å²) >= 11 is 0. The first-order chi connectivity index (χ1) is 15.2. The summed E-state index contributed by atoms with van der Waals surface area (Å²) in [4.78, 5) is 9.22. The second kappa shape index (κ2) is 8.67. The Morgan fingerprint density at radius 2 is 2.03 bits per heavy atom. The fraction of sp³-hybridized carbons (Fsp3) is 0.458. The van der Waals surface area contributed by atoms with E-state index in [-0.39, 0.29) is 0 Å². The summed E-state index contributed by atoms with van der Waals surface area (Å²) in [7, 11) is 1.69. The number of fused-ring (bicyclic) bond motifs is 1. The Morgan fingerprint density at radius 3 is 2.81 bits per heavy atom. The van der Waals surface area contributed by atoms with Gasteiger partial charge in [0.15, 0.2) is 5.82 Å². The van der Waals surface area contributed by atoms with Crippen LogP contribution < -0.4 is 4.74 Å². The minimum Gasteiger partial charge on any atom is -0.495 e. The Hall–Kier alpha value is -2.93. The first-order valence-corrected chi connectivity index (χ1v) is 11.1. The summed E-state index contributed by atoms with van der Waals surface area (Å²) in [5.41, 5.74) is 2.99. The monoisotopic (exact) mass is 419 g/mol. The van der Waals surface area contributed by atoms with Gasteiger partial charge >= 0.3 is 0 Å². The van der Waals surface area contributed by atoms with Crippen molar-refractivity contribution in [1.29, 1.82) is 0 Å². The molecule has 2 aliphatic rings. The van der Waals surface area contributed by atoms with Crippen molar-refractivity contribution >= 4 is 12.2 Å². The molecule has 2 aliphatic heterocycles. The van der Waals surface area contributed by atoms with E-state index >= 15 is 0 Å². The van der Waals surface area contributed by atoms with E-state index in [0.717, 1.165) is 66.9 Å². The molecular weight excluding hydrogens is 390 g/mol. The average Bonchev–Trinajstić information content (AvgIpc) is 3.43. The van der Waals surface area contributed by atoms with Gasteiger partial charge in [0.05, 0.1) is 24.8 Å². The third-order valence-corrected chi connectivity index (χ3v) is 6.39. The van der Waals surface area contributed by atoms with E-state index in [2.05, 4.69) is 21.8 Å². The molecule has 162 valence electrons. The summed E-state index contributed by atoms with van der Waals surface area (Å²) in [6.07, 6.45) is 12.5. The number of benzene rings is 1. The molecule has 4 heterocycles. The van der Waals surface area contributed by atoms with Crippen molar-refractivity contribution in [2.45, 2.75) is 45.1 Å². The fourth-order valence-corrected chi connectivity index (χ4v) is 4.77. The maximum absolute atomic E-state index is 5.62. The standard InChI is InChI=1S/C24H29N5O2/c1-17-15-28(16-25-17)21-7-5-18(14-22(21)30-2)6-8-23-26-24-20(4-3-11-29(24)27-23)19-9-12-31-13-10-19/h5-8,14-16,19-20H,3-4,9-13H2,1-2H3/b8-6+. The highest BCUT2D eigenvalue weighted by atomic mass is 16.5.